The van der Waals surface area contributed by atoms with Gasteiger partial charge in [-0.05, 0) is 69.0 Å². The van der Waals surface area contributed by atoms with Crippen molar-refractivity contribution in [2.45, 2.75) is 69.2 Å². The van der Waals surface area contributed by atoms with Gasteiger partial charge in [0.25, 0.3) is 5.91 Å². The number of nitrogens with zero attached hydrogens (tertiary/aromatic N) is 1. The van der Waals surface area contributed by atoms with Crippen molar-refractivity contribution in [2.24, 2.45) is 0 Å². The molecule has 3 aromatic carbocycles. The molecule has 12 nitrogen and oxygen atoms in total. The minimum absolute atomic E-state index is 0.429. The molecule has 1 heterocycles. The predicted molar refractivity (Wildman–Crippen MR) is 163 cm³/mol. The molecule has 1 unspecified atom stereocenters. The Morgan fingerprint density at radius 3 is 1.98 bits per heavy atom. The second-order valence-corrected chi connectivity index (χ2v) is 11.6. The summed E-state index contributed by atoms with van der Waals surface area (Å²) in [7, 11) is 0. The zero-order valence-electron chi connectivity index (χ0n) is 25.6. The van der Waals surface area contributed by atoms with Gasteiger partial charge in [-0.15, -0.1) is 0 Å². The van der Waals surface area contributed by atoms with Gasteiger partial charge in [0.1, 0.15) is 18.0 Å². The van der Waals surface area contributed by atoms with Crippen LogP contribution < -0.4 is 4.74 Å². The number of aliphatic hydroxyl groups is 1. The molecule has 244 valence electrons. The van der Waals surface area contributed by atoms with Crippen LogP contribution in [0.4, 0.5) is 0 Å². The predicted octanol–water partition coefficient (Wildman–Crippen LogP) is 3.92. The van der Waals surface area contributed by atoms with Gasteiger partial charge in [0.15, 0.2) is 11.9 Å². The smallest absolute Gasteiger partial charge is 0.342 e. The zero-order valence-corrected chi connectivity index (χ0v) is 25.6. The molecule has 0 radical (unpaired) electrons. The van der Waals surface area contributed by atoms with Crippen LogP contribution in [0.25, 0.3) is 0 Å². The van der Waals surface area contributed by atoms with Crippen LogP contribution in [0.3, 0.4) is 0 Å². The maximum atomic E-state index is 14.0. The molecule has 1 saturated heterocycles. The lowest BCUT2D eigenvalue weighted by Crippen LogP contribution is -2.65. The maximum Gasteiger partial charge on any atom is 0.342 e. The summed E-state index contributed by atoms with van der Waals surface area (Å²) in [4.78, 5) is 51.5. The molecule has 12 heteroatoms. The molecule has 0 aliphatic carbocycles. The number of aryl methyl sites for hydroxylation is 1. The molecule has 5 atom stereocenters. The summed E-state index contributed by atoms with van der Waals surface area (Å²) < 4.78 is 16.6. The van der Waals surface area contributed by atoms with Gasteiger partial charge in [0.05, 0.1) is 0 Å². The number of ether oxygens (including phenoxy) is 3. The molecule has 46 heavy (non-hydrogen) atoms. The average Bonchev–Trinajstić information content (AvgIpc) is 3.33. The van der Waals surface area contributed by atoms with E-state index >= 15 is 0 Å². The number of hydrogen-bond donors (Lipinski definition) is 4. The van der Waals surface area contributed by atoms with Crippen LogP contribution in [-0.4, -0.2) is 85.3 Å². The highest BCUT2D eigenvalue weighted by molar-refractivity contribution is 5.97. The fourth-order valence-corrected chi connectivity index (χ4v) is 5.75. The fourth-order valence-electron chi connectivity index (χ4n) is 5.75. The summed E-state index contributed by atoms with van der Waals surface area (Å²) in [6.45, 7) is 3.17. The lowest BCUT2D eigenvalue weighted by molar-refractivity contribution is -0.207. The summed E-state index contributed by atoms with van der Waals surface area (Å²) in [6, 6.07) is 24.8. The van der Waals surface area contributed by atoms with Crippen LogP contribution in [-0.2, 0) is 35.1 Å². The summed E-state index contributed by atoms with van der Waals surface area (Å²) in [5.41, 5.74) is -1.34. The van der Waals surface area contributed by atoms with E-state index in [9.17, 15) is 39.6 Å². The Kier molecular flexibility index (Phi) is 10.5. The Balaban J connectivity index is 1.70. The highest BCUT2D eigenvalue weighted by Gasteiger charge is 2.68. The van der Waals surface area contributed by atoms with E-state index in [1.54, 1.807) is 43.3 Å². The highest BCUT2D eigenvalue weighted by atomic mass is 16.8. The van der Waals surface area contributed by atoms with Crippen molar-refractivity contribution in [3.8, 4) is 11.5 Å². The first-order valence-corrected chi connectivity index (χ1v) is 14.7. The van der Waals surface area contributed by atoms with Crippen LogP contribution >= 0.6 is 0 Å². The van der Waals surface area contributed by atoms with E-state index in [1.165, 1.54) is 13.8 Å². The normalized spacial score (nSPS) is 20.7. The van der Waals surface area contributed by atoms with Crippen LogP contribution in [0.2, 0.25) is 0 Å². The Morgan fingerprint density at radius 1 is 0.870 bits per heavy atom. The monoisotopic (exact) mass is 635 g/mol. The van der Waals surface area contributed by atoms with E-state index in [1.807, 2.05) is 48.5 Å². The molecule has 4 rings (SSSR count). The summed E-state index contributed by atoms with van der Waals surface area (Å²) >= 11 is 0. The number of hydrogen-bond acceptors (Lipinski definition) is 8. The van der Waals surface area contributed by atoms with E-state index in [2.05, 4.69) is 0 Å². The van der Waals surface area contributed by atoms with E-state index in [4.69, 9.17) is 14.2 Å². The third-order valence-electron chi connectivity index (χ3n) is 7.94. The third-order valence-corrected chi connectivity index (χ3v) is 7.94. The second kappa shape index (κ2) is 14.1. The topological polar surface area (TPSA) is 180 Å². The number of aliphatic carboxylic acids is 3. The minimum atomic E-state index is -3.06. The molecule has 1 aliphatic heterocycles. The molecular weight excluding hydrogens is 598 g/mol. The molecule has 0 saturated carbocycles. The van der Waals surface area contributed by atoms with Gasteiger partial charge in [0, 0.05) is 12.0 Å². The van der Waals surface area contributed by atoms with E-state index in [-0.39, 0.29) is 0 Å². The molecular formula is C34H37NO11. The molecule has 4 N–H and O–H groups in total. The standard InChI is InChI=1S/C34H37NO11/c1-21(35(20-27(36)37)30(39)28(38)34(32(42)43)29(31(40)41)45-33(2,3)46-34)26(19-14-22-10-6-4-7-11-22)23-15-17-25(18-16-23)44-24-12-8-5-9-13-24/h4-13,15-18,21,26,28-29,38H,14,19-20H2,1-3H3,(H,36,37)(H,40,41)(H,42,43)/t21-,26+,28?,29+,34-/m1/s1. The Labute approximate surface area is 265 Å². The Bertz CT molecular complexity index is 1530. The van der Waals surface area contributed by atoms with Crippen molar-refractivity contribution in [3.05, 3.63) is 96.1 Å². The first kappa shape index (κ1) is 34.1. The van der Waals surface area contributed by atoms with Crippen molar-refractivity contribution in [2.75, 3.05) is 6.54 Å². The largest absolute Gasteiger partial charge is 0.480 e. The van der Waals surface area contributed by atoms with Crippen molar-refractivity contribution in [1.29, 1.82) is 0 Å². The number of carboxylic acid groups (broad SMARTS) is 3. The number of amides is 1. The maximum absolute atomic E-state index is 14.0. The highest BCUT2D eigenvalue weighted by Crippen LogP contribution is 2.41. The fraction of sp³-hybridized carbons (Fsp3) is 0.353. The quantitative estimate of drug-likeness (QED) is 0.202. The van der Waals surface area contributed by atoms with Crippen molar-refractivity contribution in [1.82, 2.24) is 4.90 Å². The molecule has 1 amide bonds. The van der Waals surface area contributed by atoms with Crippen LogP contribution in [0, 0.1) is 0 Å². The summed E-state index contributed by atoms with van der Waals surface area (Å²) in [5, 5.41) is 41.0. The number of para-hydroxylation sites is 1. The van der Waals surface area contributed by atoms with E-state index in [0.717, 1.165) is 16.0 Å². The van der Waals surface area contributed by atoms with E-state index < -0.39 is 65.9 Å². The Morgan fingerprint density at radius 2 is 1.43 bits per heavy atom. The number of carbonyl (C=O) groups is 4. The van der Waals surface area contributed by atoms with Gasteiger partial charge in [-0.1, -0.05) is 60.7 Å². The average molecular weight is 636 g/mol. The number of carbonyl (C=O) groups excluding carboxylic acids is 1. The van der Waals surface area contributed by atoms with Gasteiger partial charge in [-0.25, -0.2) is 9.59 Å². The van der Waals surface area contributed by atoms with Crippen LogP contribution in [0.1, 0.15) is 44.2 Å². The van der Waals surface area contributed by atoms with Crippen molar-refractivity contribution < 1.29 is 53.8 Å². The zero-order chi connectivity index (χ0) is 33.6. The molecule has 1 aliphatic rings. The number of benzene rings is 3. The third kappa shape index (κ3) is 7.53. The van der Waals surface area contributed by atoms with Crippen LogP contribution in [0.15, 0.2) is 84.9 Å². The van der Waals surface area contributed by atoms with Gasteiger partial charge >= 0.3 is 17.9 Å². The van der Waals surface area contributed by atoms with E-state index in [0.29, 0.717) is 24.3 Å². The first-order valence-electron chi connectivity index (χ1n) is 14.7. The molecule has 1 fully saturated rings. The van der Waals surface area contributed by atoms with Gasteiger partial charge in [-0.2, -0.15) is 0 Å². The lowest BCUT2D eigenvalue weighted by Gasteiger charge is -2.38. The first-order chi connectivity index (χ1) is 21.7. The summed E-state index contributed by atoms with van der Waals surface area (Å²) in [5.74, 6) is -7.64. The van der Waals surface area contributed by atoms with Crippen molar-refractivity contribution >= 4 is 23.8 Å². The second-order valence-electron chi connectivity index (χ2n) is 11.6. The van der Waals surface area contributed by atoms with Crippen molar-refractivity contribution in [3.63, 3.8) is 0 Å². The number of rotatable bonds is 14. The van der Waals surface area contributed by atoms with Gasteiger partial charge in [0.2, 0.25) is 11.7 Å². The Hall–Kier alpha value is -4.78. The molecule has 0 bridgehead atoms. The molecule has 0 aromatic heterocycles. The molecule has 0 spiro atoms. The summed E-state index contributed by atoms with van der Waals surface area (Å²) in [6.07, 6.45) is -3.93. The SMILES string of the molecule is C[C@H]([C@H](CCc1ccccc1)c1ccc(Oc2ccccc2)cc1)N(CC(=O)O)C(=O)C(O)[C@@]1(C(=O)O)OC(C)(C)O[C@H]1C(=O)O. The number of aliphatic hydroxyl groups excluding tert-OH is 1. The lowest BCUT2D eigenvalue weighted by atomic mass is 9.84. The minimum Gasteiger partial charge on any atom is -0.480 e. The number of carboxylic acids is 3. The molecule has 3 aromatic rings. The van der Waals surface area contributed by atoms with Gasteiger partial charge in [-0.3, -0.25) is 9.59 Å². The van der Waals surface area contributed by atoms with Gasteiger partial charge < -0.3 is 39.5 Å². The van der Waals surface area contributed by atoms with Crippen LogP contribution in [0.5, 0.6) is 11.5 Å².